The maximum absolute atomic E-state index is 12.1. The lowest BCUT2D eigenvalue weighted by Crippen LogP contribution is -2.48. The summed E-state index contributed by atoms with van der Waals surface area (Å²) in [5.41, 5.74) is 7.90. The van der Waals surface area contributed by atoms with Crippen molar-refractivity contribution in [3.05, 3.63) is 30.1 Å². The zero-order valence-electron chi connectivity index (χ0n) is 11.2. The Morgan fingerprint density at radius 1 is 1.42 bits per heavy atom. The lowest BCUT2D eigenvalue weighted by atomic mass is 9.74. The van der Waals surface area contributed by atoms with Gasteiger partial charge in [-0.15, -0.1) is 0 Å². The SMILES string of the molecule is Cn1c(CC(=O)CC2(N)CCC2)nc2ccccc21. The number of Topliss-reactive ketones (excluding diaryl/α,β-unsaturated/α-hetero) is 1. The minimum Gasteiger partial charge on any atom is -0.331 e. The van der Waals surface area contributed by atoms with Gasteiger partial charge in [0.05, 0.1) is 17.5 Å². The van der Waals surface area contributed by atoms with Crippen LogP contribution in [0.15, 0.2) is 24.3 Å². The summed E-state index contributed by atoms with van der Waals surface area (Å²) in [7, 11) is 1.96. The number of nitrogens with two attached hydrogens (primary N) is 1. The average molecular weight is 257 g/mol. The number of benzene rings is 1. The molecule has 1 aliphatic carbocycles. The second-order valence-electron chi connectivity index (χ2n) is 5.68. The standard InChI is InChI=1S/C15H19N3O/c1-18-13-6-3-2-5-12(13)17-14(18)9-11(19)10-15(16)7-4-8-15/h2-3,5-6H,4,7-10,16H2,1H3. The fourth-order valence-electron chi connectivity index (χ4n) is 2.79. The third kappa shape index (κ3) is 2.28. The Hall–Kier alpha value is -1.68. The van der Waals surface area contributed by atoms with Crippen LogP contribution < -0.4 is 5.73 Å². The number of aryl methyl sites for hydroxylation is 1. The van der Waals surface area contributed by atoms with Gasteiger partial charge in [0.2, 0.25) is 0 Å². The Bertz CT molecular complexity index is 625. The zero-order chi connectivity index (χ0) is 13.5. The molecule has 0 amide bonds. The molecule has 1 fully saturated rings. The maximum atomic E-state index is 12.1. The van der Waals surface area contributed by atoms with Crippen LogP contribution in [0.5, 0.6) is 0 Å². The number of carbonyl (C=O) groups excluding carboxylic acids is 1. The molecule has 0 radical (unpaired) electrons. The molecule has 0 spiro atoms. The smallest absolute Gasteiger partial charge is 0.142 e. The van der Waals surface area contributed by atoms with Gasteiger partial charge in [-0.1, -0.05) is 12.1 Å². The van der Waals surface area contributed by atoms with Crippen molar-refractivity contribution >= 4 is 16.8 Å². The Morgan fingerprint density at radius 2 is 2.16 bits per heavy atom. The first-order valence-corrected chi connectivity index (χ1v) is 6.78. The van der Waals surface area contributed by atoms with Gasteiger partial charge in [0.15, 0.2) is 0 Å². The second kappa shape index (κ2) is 4.46. The highest BCUT2D eigenvalue weighted by atomic mass is 16.1. The Morgan fingerprint density at radius 3 is 2.79 bits per heavy atom. The summed E-state index contributed by atoms with van der Waals surface area (Å²) in [5, 5.41) is 0. The highest BCUT2D eigenvalue weighted by Crippen LogP contribution is 2.32. The summed E-state index contributed by atoms with van der Waals surface area (Å²) in [6.45, 7) is 0. The molecule has 1 aromatic carbocycles. The van der Waals surface area contributed by atoms with Gasteiger partial charge in [-0.3, -0.25) is 4.79 Å². The second-order valence-corrected chi connectivity index (χ2v) is 5.68. The molecule has 3 rings (SSSR count). The maximum Gasteiger partial charge on any atom is 0.142 e. The summed E-state index contributed by atoms with van der Waals surface area (Å²) in [5.74, 6) is 1.02. The number of rotatable bonds is 4. The average Bonchev–Trinajstić information content (AvgIpc) is 2.65. The summed E-state index contributed by atoms with van der Waals surface area (Å²) in [6.07, 6.45) is 3.96. The number of fused-ring (bicyclic) bond motifs is 1. The molecule has 0 unspecified atom stereocenters. The van der Waals surface area contributed by atoms with Gasteiger partial charge >= 0.3 is 0 Å². The van der Waals surface area contributed by atoms with Crippen molar-refractivity contribution in [2.45, 2.75) is 37.6 Å². The molecule has 4 nitrogen and oxygen atoms in total. The van der Waals surface area contributed by atoms with Crippen LogP contribution in [0.2, 0.25) is 0 Å². The summed E-state index contributed by atoms with van der Waals surface area (Å²) >= 11 is 0. The fraction of sp³-hybridized carbons (Fsp3) is 0.467. The number of hydrogen-bond donors (Lipinski definition) is 1. The number of nitrogens with zero attached hydrogens (tertiary/aromatic N) is 2. The van der Waals surface area contributed by atoms with Crippen LogP contribution in [0.1, 0.15) is 31.5 Å². The molecule has 1 aliphatic rings. The van der Waals surface area contributed by atoms with E-state index >= 15 is 0 Å². The van der Waals surface area contributed by atoms with Gasteiger partial charge in [0.25, 0.3) is 0 Å². The number of carbonyl (C=O) groups is 1. The highest BCUT2D eigenvalue weighted by molar-refractivity contribution is 5.83. The van der Waals surface area contributed by atoms with Crippen LogP contribution in [0.4, 0.5) is 0 Å². The van der Waals surface area contributed by atoms with Crippen LogP contribution in [0.3, 0.4) is 0 Å². The Balaban J connectivity index is 1.77. The Kier molecular flexibility index (Phi) is 2.90. The minimum atomic E-state index is -0.234. The van der Waals surface area contributed by atoms with E-state index in [1.165, 1.54) is 0 Å². The fourth-order valence-corrected chi connectivity index (χ4v) is 2.79. The molecule has 4 heteroatoms. The number of imidazole rings is 1. The van der Waals surface area contributed by atoms with Gasteiger partial charge in [0, 0.05) is 19.0 Å². The molecule has 0 aliphatic heterocycles. The molecule has 0 bridgehead atoms. The predicted molar refractivity (Wildman–Crippen MR) is 74.8 cm³/mol. The monoisotopic (exact) mass is 257 g/mol. The molecular formula is C15H19N3O. The number of hydrogen-bond acceptors (Lipinski definition) is 3. The van der Waals surface area contributed by atoms with E-state index in [-0.39, 0.29) is 11.3 Å². The molecule has 1 heterocycles. The van der Waals surface area contributed by atoms with E-state index in [4.69, 9.17) is 5.73 Å². The Labute approximate surface area is 112 Å². The molecule has 1 aromatic heterocycles. The van der Waals surface area contributed by atoms with E-state index in [1.807, 2.05) is 35.9 Å². The first kappa shape index (κ1) is 12.4. The lowest BCUT2D eigenvalue weighted by Gasteiger charge is -2.37. The van der Waals surface area contributed by atoms with Gasteiger partial charge < -0.3 is 10.3 Å². The van der Waals surface area contributed by atoms with E-state index in [1.54, 1.807) is 0 Å². The largest absolute Gasteiger partial charge is 0.331 e. The zero-order valence-corrected chi connectivity index (χ0v) is 11.2. The number of aromatic nitrogens is 2. The quantitative estimate of drug-likeness (QED) is 0.910. The van der Waals surface area contributed by atoms with E-state index in [0.717, 1.165) is 36.1 Å². The van der Waals surface area contributed by atoms with E-state index < -0.39 is 0 Å². The van der Waals surface area contributed by atoms with Crippen molar-refractivity contribution in [1.82, 2.24) is 9.55 Å². The summed E-state index contributed by atoms with van der Waals surface area (Å²) < 4.78 is 2.00. The van der Waals surface area contributed by atoms with Crippen LogP contribution in [-0.4, -0.2) is 20.9 Å². The molecule has 100 valence electrons. The van der Waals surface area contributed by atoms with Gasteiger partial charge in [-0.2, -0.15) is 0 Å². The van der Waals surface area contributed by atoms with Crippen molar-refractivity contribution in [3.63, 3.8) is 0 Å². The van der Waals surface area contributed by atoms with Crippen molar-refractivity contribution in [1.29, 1.82) is 0 Å². The van der Waals surface area contributed by atoms with Crippen molar-refractivity contribution < 1.29 is 4.79 Å². The van der Waals surface area contributed by atoms with E-state index in [9.17, 15) is 4.79 Å². The van der Waals surface area contributed by atoms with Gasteiger partial charge in [-0.05, 0) is 31.4 Å². The molecule has 19 heavy (non-hydrogen) atoms. The molecule has 0 atom stereocenters. The summed E-state index contributed by atoms with van der Waals surface area (Å²) in [6, 6.07) is 7.94. The third-order valence-electron chi connectivity index (χ3n) is 4.13. The molecular weight excluding hydrogens is 238 g/mol. The first-order chi connectivity index (χ1) is 9.07. The molecule has 1 saturated carbocycles. The molecule has 0 saturated heterocycles. The van der Waals surface area contributed by atoms with Crippen LogP contribution in [-0.2, 0) is 18.3 Å². The summed E-state index contributed by atoms with van der Waals surface area (Å²) in [4.78, 5) is 16.6. The van der Waals surface area contributed by atoms with Crippen molar-refractivity contribution in [3.8, 4) is 0 Å². The van der Waals surface area contributed by atoms with Crippen LogP contribution >= 0.6 is 0 Å². The molecule has 2 aromatic rings. The highest BCUT2D eigenvalue weighted by Gasteiger charge is 2.34. The minimum absolute atomic E-state index is 0.195. The lowest BCUT2D eigenvalue weighted by molar-refractivity contribution is -0.120. The van der Waals surface area contributed by atoms with Gasteiger partial charge in [0.1, 0.15) is 11.6 Å². The van der Waals surface area contributed by atoms with E-state index in [2.05, 4.69) is 4.98 Å². The van der Waals surface area contributed by atoms with E-state index in [0.29, 0.717) is 12.8 Å². The normalized spacial score (nSPS) is 17.4. The number of ketones is 1. The first-order valence-electron chi connectivity index (χ1n) is 6.78. The molecule has 2 N–H and O–H groups in total. The van der Waals surface area contributed by atoms with Gasteiger partial charge in [-0.25, -0.2) is 4.98 Å². The van der Waals surface area contributed by atoms with Crippen LogP contribution in [0.25, 0.3) is 11.0 Å². The predicted octanol–water partition coefficient (Wildman–Crippen LogP) is 1.96. The third-order valence-corrected chi connectivity index (χ3v) is 4.13. The van der Waals surface area contributed by atoms with Crippen molar-refractivity contribution in [2.75, 3.05) is 0 Å². The van der Waals surface area contributed by atoms with Crippen LogP contribution in [0, 0.1) is 0 Å². The topological polar surface area (TPSA) is 60.9 Å². The van der Waals surface area contributed by atoms with Crippen molar-refractivity contribution in [2.24, 2.45) is 12.8 Å². The number of para-hydroxylation sites is 2.